The van der Waals surface area contributed by atoms with Crippen LogP contribution in [0.3, 0.4) is 0 Å². The van der Waals surface area contributed by atoms with Gasteiger partial charge in [-0.2, -0.15) is 0 Å². The number of ether oxygens (including phenoxy) is 3. The van der Waals surface area contributed by atoms with E-state index in [2.05, 4.69) is 19.5 Å². The van der Waals surface area contributed by atoms with E-state index in [4.69, 9.17) is 20.8 Å². The van der Waals surface area contributed by atoms with Gasteiger partial charge in [-0.15, -0.1) is 0 Å². The van der Waals surface area contributed by atoms with Crippen LogP contribution in [0.4, 0.5) is 17.1 Å². The smallest absolute Gasteiger partial charge is 0.306 e. The summed E-state index contributed by atoms with van der Waals surface area (Å²) in [5.41, 5.74) is 5.98. The molecule has 5 aromatic rings. The molecular weight excluding hydrogens is 705 g/mol. The minimum absolute atomic E-state index is 0.0149. The monoisotopic (exact) mass is 746 g/mol. The van der Waals surface area contributed by atoms with Crippen LogP contribution in [0.5, 0.6) is 17.2 Å². The van der Waals surface area contributed by atoms with Crippen molar-refractivity contribution in [3.05, 3.63) is 149 Å². The van der Waals surface area contributed by atoms with Crippen LogP contribution in [-0.4, -0.2) is 44.6 Å². The second kappa shape index (κ2) is 18.5. The van der Waals surface area contributed by atoms with E-state index in [9.17, 15) is 18.0 Å². The van der Waals surface area contributed by atoms with Gasteiger partial charge in [0.1, 0.15) is 17.2 Å². The molecule has 0 radical (unpaired) electrons. The number of esters is 1. The number of rotatable bonds is 18. The molecule has 0 amide bonds. The number of ketones is 1. The fourth-order valence-corrected chi connectivity index (χ4v) is 6.34. The summed E-state index contributed by atoms with van der Waals surface area (Å²) < 4.78 is 44.1. The minimum atomic E-state index is -3.49. The molecule has 0 fully saturated rings. The maximum atomic E-state index is 13.2. The topological polar surface area (TPSA) is 128 Å². The Balaban J connectivity index is 1.36. The molecule has 0 saturated heterocycles. The number of Topliss-reactive ketones (excluding diaryl/α,β-unsaturated/α-hetero) is 1. The van der Waals surface area contributed by atoms with E-state index in [1.807, 2.05) is 67.6 Å². The molecule has 54 heavy (non-hydrogen) atoms. The molecule has 1 heterocycles. The van der Waals surface area contributed by atoms with Crippen molar-refractivity contribution in [2.24, 2.45) is 0 Å². The third-order valence-electron chi connectivity index (χ3n) is 8.36. The van der Waals surface area contributed by atoms with E-state index < -0.39 is 16.0 Å². The maximum absolute atomic E-state index is 13.2. The van der Waals surface area contributed by atoms with Crippen LogP contribution in [0, 0.1) is 13.5 Å². The summed E-state index contributed by atoms with van der Waals surface area (Å²) in [7, 11) is -3.49. The Kier molecular flexibility index (Phi) is 13.4. The highest BCUT2D eigenvalue weighted by molar-refractivity contribution is 7.92. The number of nitrogens with one attached hydrogen (secondary N) is 1. The highest BCUT2D eigenvalue weighted by Gasteiger charge is 2.17. The second-order valence-corrected chi connectivity index (χ2v) is 14.3. The van der Waals surface area contributed by atoms with Crippen LogP contribution in [0.2, 0.25) is 0 Å². The van der Waals surface area contributed by atoms with Gasteiger partial charge in [-0.3, -0.25) is 19.3 Å². The molecule has 12 heteroatoms. The molecule has 4 aromatic carbocycles. The molecule has 0 atom stereocenters. The molecular formula is C42H42N4O7S. The highest BCUT2D eigenvalue weighted by Crippen LogP contribution is 2.32. The molecule has 11 nitrogen and oxygen atoms in total. The molecule has 0 bridgehead atoms. The van der Waals surface area contributed by atoms with Crippen molar-refractivity contribution >= 4 is 38.8 Å². The molecule has 0 aliphatic carbocycles. The lowest BCUT2D eigenvalue weighted by Crippen LogP contribution is -2.23. The van der Waals surface area contributed by atoms with Gasteiger partial charge in [-0.1, -0.05) is 48.5 Å². The first kappa shape index (κ1) is 39.0. The van der Waals surface area contributed by atoms with Crippen LogP contribution in [0.15, 0.2) is 109 Å². The molecule has 0 aliphatic rings. The van der Waals surface area contributed by atoms with Crippen molar-refractivity contribution in [3.63, 3.8) is 0 Å². The number of aromatic nitrogens is 1. The number of benzene rings is 4. The zero-order valence-corrected chi connectivity index (χ0v) is 31.3. The van der Waals surface area contributed by atoms with E-state index in [0.717, 1.165) is 34.2 Å². The third kappa shape index (κ3) is 11.7. The molecule has 5 rings (SSSR count). The summed E-state index contributed by atoms with van der Waals surface area (Å²) in [5.74, 6) is 0.715. The number of hydrogen-bond acceptors (Lipinski definition) is 9. The molecule has 0 aliphatic heterocycles. The lowest BCUT2D eigenvalue weighted by Gasteiger charge is -2.28. The minimum Gasteiger partial charge on any atom is -0.493 e. The first-order chi connectivity index (χ1) is 26.0. The van der Waals surface area contributed by atoms with Crippen molar-refractivity contribution in [3.8, 4) is 17.2 Å². The van der Waals surface area contributed by atoms with Crippen molar-refractivity contribution in [2.75, 3.05) is 29.1 Å². The van der Waals surface area contributed by atoms with Gasteiger partial charge < -0.3 is 19.1 Å². The Hall–Kier alpha value is -6.19. The number of anilines is 2. The summed E-state index contributed by atoms with van der Waals surface area (Å²) in [5, 5.41) is 0. The van der Waals surface area contributed by atoms with E-state index >= 15 is 0 Å². The highest BCUT2D eigenvalue weighted by atomic mass is 32.2. The largest absolute Gasteiger partial charge is 0.493 e. The van der Waals surface area contributed by atoms with Crippen LogP contribution in [0.25, 0.3) is 4.85 Å². The fourth-order valence-electron chi connectivity index (χ4n) is 5.72. The Morgan fingerprint density at radius 1 is 0.852 bits per heavy atom. The quantitative estimate of drug-likeness (QED) is 0.0534. The number of hydrogen-bond donors (Lipinski definition) is 1. The molecule has 1 N–H and O–H groups in total. The zero-order chi connectivity index (χ0) is 38.5. The van der Waals surface area contributed by atoms with Crippen molar-refractivity contribution in [1.82, 2.24) is 4.98 Å². The van der Waals surface area contributed by atoms with Gasteiger partial charge >= 0.3 is 5.97 Å². The molecule has 0 spiro atoms. The number of nitrogens with zero attached hydrogens (tertiary/aromatic N) is 3. The fraction of sp³-hybridized carbons (Fsp3) is 0.238. The van der Waals surface area contributed by atoms with Crippen molar-refractivity contribution in [2.45, 2.75) is 46.2 Å². The summed E-state index contributed by atoms with van der Waals surface area (Å²) in [6.45, 7) is 12.5. The van der Waals surface area contributed by atoms with Gasteiger partial charge in [-0.05, 0) is 78.6 Å². The Morgan fingerprint density at radius 3 is 2.20 bits per heavy atom. The molecule has 0 unspecified atom stereocenters. The van der Waals surface area contributed by atoms with Gasteiger partial charge in [0.2, 0.25) is 10.0 Å². The van der Waals surface area contributed by atoms with Crippen LogP contribution in [-0.2, 0) is 39.1 Å². The summed E-state index contributed by atoms with van der Waals surface area (Å²) >= 11 is 0. The average Bonchev–Trinajstić information content (AvgIpc) is 3.15. The lowest BCUT2D eigenvalue weighted by atomic mass is 10.1. The first-order valence-corrected chi connectivity index (χ1v) is 19.3. The summed E-state index contributed by atoms with van der Waals surface area (Å²) in [6.07, 6.45) is 5.18. The molecule has 278 valence electrons. The van der Waals surface area contributed by atoms with Crippen molar-refractivity contribution in [1.29, 1.82) is 0 Å². The number of pyridine rings is 1. The Bertz CT molecular complexity index is 2200. The van der Waals surface area contributed by atoms with Gasteiger partial charge in [0.15, 0.2) is 11.5 Å². The molecule has 0 saturated carbocycles. The standard InChI is InChI=1S/C42H42N4O7S/c1-5-51-42(48)20-19-41(47)34-24-37(52-23-21-31-8-7-22-44-27-31)26-38(25-34)53-36-17-13-33(14-18-36)29-46(28-32-11-15-35(43-3)16-12-32)40-10-6-9-39(30(40)2)45-54(4,49)50/h6-18,22,24-27,45H,5,19-21,23,28-29H2,1-2,4H3. The number of carbonyl (C=O) groups excluding carboxylic acids is 2. The summed E-state index contributed by atoms with van der Waals surface area (Å²) in [6, 6.07) is 29.3. The van der Waals surface area contributed by atoms with Gasteiger partial charge in [0, 0.05) is 55.6 Å². The van der Waals surface area contributed by atoms with E-state index in [1.165, 1.54) is 0 Å². The predicted molar refractivity (Wildman–Crippen MR) is 209 cm³/mol. The zero-order valence-electron chi connectivity index (χ0n) is 30.4. The van der Waals surface area contributed by atoms with E-state index in [-0.39, 0.29) is 25.2 Å². The Morgan fingerprint density at radius 2 is 1.56 bits per heavy atom. The Labute approximate surface area is 316 Å². The second-order valence-electron chi connectivity index (χ2n) is 12.6. The van der Waals surface area contributed by atoms with Gasteiger partial charge in [0.25, 0.3) is 0 Å². The lowest BCUT2D eigenvalue weighted by molar-refractivity contribution is -0.143. The van der Waals surface area contributed by atoms with E-state index in [1.54, 1.807) is 55.7 Å². The van der Waals surface area contributed by atoms with Crippen LogP contribution in [0.1, 0.15) is 52.4 Å². The van der Waals surface area contributed by atoms with Crippen molar-refractivity contribution < 1.29 is 32.2 Å². The summed E-state index contributed by atoms with van der Waals surface area (Å²) in [4.78, 5) is 34.9. The van der Waals surface area contributed by atoms with E-state index in [0.29, 0.717) is 60.3 Å². The van der Waals surface area contributed by atoms with Crippen LogP contribution >= 0.6 is 0 Å². The normalized spacial score (nSPS) is 10.9. The van der Waals surface area contributed by atoms with Gasteiger partial charge in [0.05, 0.1) is 38.1 Å². The first-order valence-electron chi connectivity index (χ1n) is 17.4. The number of sulfonamides is 1. The number of carbonyl (C=O) groups is 2. The predicted octanol–water partition coefficient (Wildman–Crippen LogP) is 8.46. The SMILES string of the molecule is [C-]#[N+]c1ccc(CN(Cc2ccc(Oc3cc(OCCc4cccnc4)cc(C(=O)CCC(=O)OCC)c3)cc2)c2cccc(NS(C)(=O)=O)c2C)cc1. The molecule has 1 aromatic heterocycles. The van der Waals surface area contributed by atoms with Gasteiger partial charge in [-0.25, -0.2) is 13.3 Å². The third-order valence-corrected chi connectivity index (χ3v) is 8.95. The van der Waals surface area contributed by atoms with Crippen LogP contribution < -0.4 is 19.1 Å². The average molecular weight is 747 g/mol. The maximum Gasteiger partial charge on any atom is 0.306 e.